The summed E-state index contributed by atoms with van der Waals surface area (Å²) >= 11 is 0. The predicted octanol–water partition coefficient (Wildman–Crippen LogP) is 3.77. The maximum absolute atomic E-state index is 13.7. The summed E-state index contributed by atoms with van der Waals surface area (Å²) in [6.45, 7) is 3.65. The third-order valence-corrected chi connectivity index (χ3v) is 3.06. The molecule has 1 aromatic heterocycles. The monoisotopic (exact) mass is 262 g/mol. The molecule has 0 aliphatic carbocycles. The number of benzene rings is 1. The van der Waals surface area contributed by atoms with Crippen LogP contribution in [0.25, 0.3) is 0 Å². The number of pyridine rings is 1. The van der Waals surface area contributed by atoms with E-state index in [2.05, 4.69) is 10.3 Å². The van der Waals surface area contributed by atoms with Crippen LogP contribution in [0.15, 0.2) is 42.6 Å². The highest BCUT2D eigenvalue weighted by Crippen LogP contribution is 2.23. The fraction of sp³-hybridized carbons (Fsp3) is 0.267. The molecule has 1 unspecified atom stereocenters. The molecule has 0 saturated carbocycles. The van der Waals surface area contributed by atoms with Crippen molar-refractivity contribution in [3.63, 3.8) is 0 Å². The quantitative estimate of drug-likeness (QED) is 0.907. The van der Waals surface area contributed by atoms with Gasteiger partial charge >= 0.3 is 0 Å². The molecule has 19 heavy (non-hydrogen) atoms. The Morgan fingerprint density at radius 2 is 1.63 bits per heavy atom. The molecular formula is C15H16F2N2. The van der Waals surface area contributed by atoms with E-state index in [1.807, 2.05) is 25.1 Å². The van der Waals surface area contributed by atoms with Crippen molar-refractivity contribution in [3.8, 4) is 0 Å². The zero-order valence-corrected chi connectivity index (χ0v) is 10.9. The summed E-state index contributed by atoms with van der Waals surface area (Å²) < 4.78 is 27.3. The Morgan fingerprint density at radius 1 is 0.947 bits per heavy atom. The van der Waals surface area contributed by atoms with Gasteiger partial charge in [0.05, 0.1) is 5.69 Å². The van der Waals surface area contributed by atoms with Gasteiger partial charge in [-0.25, -0.2) is 8.78 Å². The van der Waals surface area contributed by atoms with Gasteiger partial charge in [-0.15, -0.1) is 0 Å². The standard InChI is InChI=1S/C15H16F2N2/c1-10(14-8-3-4-9-18-14)19-11(2)15-12(16)6-5-7-13(15)17/h3-11,19H,1-2H3/t10-,11?/m1/s1. The maximum atomic E-state index is 13.7. The number of hydrogen-bond acceptors (Lipinski definition) is 2. The molecule has 1 heterocycles. The van der Waals surface area contributed by atoms with Gasteiger partial charge in [0, 0.05) is 23.8 Å². The lowest BCUT2D eigenvalue weighted by molar-refractivity contribution is 0.445. The molecule has 0 aliphatic heterocycles. The van der Waals surface area contributed by atoms with E-state index in [4.69, 9.17) is 0 Å². The predicted molar refractivity (Wildman–Crippen MR) is 70.6 cm³/mol. The molecule has 2 atom stereocenters. The zero-order valence-electron chi connectivity index (χ0n) is 10.9. The second kappa shape index (κ2) is 5.89. The van der Waals surface area contributed by atoms with Crippen LogP contribution in [-0.4, -0.2) is 4.98 Å². The van der Waals surface area contributed by atoms with Gasteiger partial charge in [0.1, 0.15) is 11.6 Å². The van der Waals surface area contributed by atoms with Crippen molar-refractivity contribution in [1.29, 1.82) is 0 Å². The van der Waals surface area contributed by atoms with E-state index in [1.54, 1.807) is 13.1 Å². The largest absolute Gasteiger partial charge is 0.302 e. The van der Waals surface area contributed by atoms with Gasteiger partial charge in [-0.2, -0.15) is 0 Å². The average Bonchev–Trinajstić information content (AvgIpc) is 2.39. The first kappa shape index (κ1) is 13.6. The van der Waals surface area contributed by atoms with Crippen LogP contribution in [0.4, 0.5) is 8.78 Å². The van der Waals surface area contributed by atoms with E-state index in [0.717, 1.165) is 5.69 Å². The second-order valence-electron chi connectivity index (χ2n) is 4.50. The Bertz CT molecular complexity index is 523. The molecule has 2 aromatic rings. The van der Waals surface area contributed by atoms with Crippen LogP contribution in [0.2, 0.25) is 0 Å². The molecule has 0 spiro atoms. The van der Waals surface area contributed by atoms with Crippen molar-refractivity contribution < 1.29 is 8.78 Å². The molecule has 0 aliphatic rings. The molecule has 4 heteroatoms. The first-order chi connectivity index (χ1) is 9.09. The lowest BCUT2D eigenvalue weighted by Gasteiger charge is -2.20. The van der Waals surface area contributed by atoms with E-state index in [1.165, 1.54) is 18.2 Å². The molecule has 0 saturated heterocycles. The molecule has 0 fully saturated rings. The van der Waals surface area contributed by atoms with Crippen LogP contribution >= 0.6 is 0 Å². The van der Waals surface area contributed by atoms with Crippen LogP contribution in [0.1, 0.15) is 37.2 Å². The lowest BCUT2D eigenvalue weighted by atomic mass is 10.1. The number of aromatic nitrogens is 1. The minimum absolute atomic E-state index is 0.0604. The topological polar surface area (TPSA) is 24.9 Å². The summed E-state index contributed by atoms with van der Waals surface area (Å²) in [7, 11) is 0. The van der Waals surface area contributed by atoms with Crippen LogP contribution in [-0.2, 0) is 0 Å². The van der Waals surface area contributed by atoms with E-state index in [0.29, 0.717) is 0 Å². The zero-order chi connectivity index (χ0) is 13.8. The van der Waals surface area contributed by atoms with Crippen molar-refractivity contribution in [2.45, 2.75) is 25.9 Å². The molecule has 0 bridgehead atoms. The first-order valence-electron chi connectivity index (χ1n) is 6.20. The highest BCUT2D eigenvalue weighted by molar-refractivity contribution is 5.23. The molecule has 100 valence electrons. The molecule has 0 radical (unpaired) electrons. The second-order valence-corrected chi connectivity index (χ2v) is 4.50. The Morgan fingerprint density at radius 3 is 2.21 bits per heavy atom. The lowest BCUT2D eigenvalue weighted by Crippen LogP contribution is -2.24. The normalized spacial score (nSPS) is 14.1. The number of nitrogens with zero attached hydrogens (tertiary/aromatic N) is 1. The SMILES string of the molecule is CC(N[C@H](C)c1ccccn1)c1c(F)cccc1F. The van der Waals surface area contributed by atoms with Crippen LogP contribution in [0.5, 0.6) is 0 Å². The molecule has 0 amide bonds. The van der Waals surface area contributed by atoms with Gasteiger partial charge in [-0.1, -0.05) is 12.1 Å². The number of hydrogen-bond donors (Lipinski definition) is 1. The summed E-state index contributed by atoms with van der Waals surface area (Å²) in [5, 5.41) is 3.15. The first-order valence-corrected chi connectivity index (χ1v) is 6.20. The highest BCUT2D eigenvalue weighted by atomic mass is 19.1. The average molecular weight is 262 g/mol. The van der Waals surface area contributed by atoms with Gasteiger partial charge in [0.2, 0.25) is 0 Å². The maximum Gasteiger partial charge on any atom is 0.130 e. The van der Waals surface area contributed by atoms with Gasteiger partial charge < -0.3 is 5.32 Å². The third-order valence-electron chi connectivity index (χ3n) is 3.06. The molecular weight excluding hydrogens is 246 g/mol. The Kier molecular flexibility index (Phi) is 4.22. The van der Waals surface area contributed by atoms with Crippen molar-refractivity contribution in [3.05, 3.63) is 65.5 Å². The van der Waals surface area contributed by atoms with Crippen molar-refractivity contribution in [2.24, 2.45) is 0 Å². The summed E-state index contributed by atoms with van der Waals surface area (Å²) in [6, 6.07) is 8.97. The van der Waals surface area contributed by atoms with Crippen LogP contribution in [0.3, 0.4) is 0 Å². The fourth-order valence-electron chi connectivity index (χ4n) is 2.10. The van der Waals surface area contributed by atoms with Crippen molar-refractivity contribution in [1.82, 2.24) is 10.3 Å². The summed E-state index contributed by atoms with van der Waals surface area (Å²) in [5.74, 6) is -1.07. The third kappa shape index (κ3) is 3.15. The minimum Gasteiger partial charge on any atom is -0.302 e. The van der Waals surface area contributed by atoms with Crippen LogP contribution < -0.4 is 5.32 Å². The van der Waals surface area contributed by atoms with Crippen molar-refractivity contribution >= 4 is 0 Å². The molecule has 1 N–H and O–H groups in total. The van der Waals surface area contributed by atoms with E-state index in [-0.39, 0.29) is 11.6 Å². The summed E-state index contributed by atoms with van der Waals surface area (Å²) in [6.07, 6.45) is 1.70. The molecule has 2 rings (SSSR count). The summed E-state index contributed by atoms with van der Waals surface area (Å²) in [5.41, 5.74) is 0.899. The van der Waals surface area contributed by atoms with E-state index < -0.39 is 17.7 Å². The fourth-order valence-corrected chi connectivity index (χ4v) is 2.10. The number of halogens is 2. The Balaban J connectivity index is 2.15. The van der Waals surface area contributed by atoms with Crippen molar-refractivity contribution in [2.75, 3.05) is 0 Å². The van der Waals surface area contributed by atoms with Gasteiger partial charge in [0.25, 0.3) is 0 Å². The highest BCUT2D eigenvalue weighted by Gasteiger charge is 2.18. The molecule has 1 aromatic carbocycles. The number of nitrogens with one attached hydrogen (secondary N) is 1. The van der Waals surface area contributed by atoms with Crippen LogP contribution in [0, 0.1) is 11.6 Å². The number of rotatable bonds is 4. The summed E-state index contributed by atoms with van der Waals surface area (Å²) in [4.78, 5) is 4.22. The Labute approximate surface area is 111 Å². The Hall–Kier alpha value is -1.81. The molecule has 2 nitrogen and oxygen atoms in total. The van der Waals surface area contributed by atoms with E-state index in [9.17, 15) is 8.78 Å². The van der Waals surface area contributed by atoms with E-state index >= 15 is 0 Å². The van der Waals surface area contributed by atoms with Gasteiger partial charge in [-0.3, -0.25) is 4.98 Å². The van der Waals surface area contributed by atoms with Gasteiger partial charge in [0.15, 0.2) is 0 Å². The van der Waals surface area contributed by atoms with Gasteiger partial charge in [-0.05, 0) is 38.1 Å². The minimum atomic E-state index is -0.534. The smallest absolute Gasteiger partial charge is 0.130 e.